The number of hydrogen-bond donors (Lipinski definition) is 1. The molecule has 3 heterocycles. The highest BCUT2D eigenvalue weighted by Gasteiger charge is 2.28. The van der Waals surface area contributed by atoms with E-state index in [9.17, 15) is 0 Å². The molecule has 100 valence electrons. The first-order chi connectivity index (χ1) is 8.81. The molecule has 1 aromatic heterocycles. The molecule has 0 spiro atoms. The normalized spacial score (nSPS) is 26.8. The largest absolute Gasteiger partial charge is 0.314 e. The van der Waals surface area contributed by atoms with E-state index in [1.165, 1.54) is 37.6 Å². The molecule has 2 aliphatic heterocycles. The molecule has 2 aliphatic rings. The van der Waals surface area contributed by atoms with Crippen molar-refractivity contribution in [3.8, 4) is 0 Å². The molecule has 2 fully saturated rings. The molecule has 1 unspecified atom stereocenters. The zero-order chi connectivity index (χ0) is 12.4. The highest BCUT2D eigenvalue weighted by molar-refractivity contribution is 7.09. The minimum absolute atomic E-state index is 0.771. The number of aromatic nitrogens is 1. The molecule has 18 heavy (non-hydrogen) atoms. The SMILES string of the molecule is Cc1csc(CN2CCC(N3CCNCC3)C2)n1. The quantitative estimate of drug-likeness (QED) is 0.882. The summed E-state index contributed by atoms with van der Waals surface area (Å²) in [6.07, 6.45) is 1.32. The number of thiazole rings is 1. The molecule has 0 saturated carbocycles. The Hall–Kier alpha value is -0.490. The van der Waals surface area contributed by atoms with Crippen molar-refractivity contribution in [2.45, 2.75) is 25.9 Å². The monoisotopic (exact) mass is 266 g/mol. The summed E-state index contributed by atoms with van der Waals surface area (Å²) in [6, 6.07) is 0.771. The van der Waals surface area contributed by atoms with Crippen molar-refractivity contribution in [3.05, 3.63) is 16.1 Å². The minimum atomic E-state index is 0.771. The molecule has 0 amide bonds. The summed E-state index contributed by atoms with van der Waals surface area (Å²) in [6.45, 7) is 10.3. The van der Waals surface area contributed by atoms with Crippen molar-refractivity contribution in [2.75, 3.05) is 39.3 Å². The van der Waals surface area contributed by atoms with Crippen LogP contribution in [0.3, 0.4) is 0 Å². The average Bonchev–Trinajstić information content (AvgIpc) is 3.01. The van der Waals surface area contributed by atoms with Gasteiger partial charge in [0.25, 0.3) is 0 Å². The van der Waals surface area contributed by atoms with Gasteiger partial charge in [0.15, 0.2) is 0 Å². The summed E-state index contributed by atoms with van der Waals surface area (Å²) < 4.78 is 0. The fourth-order valence-electron chi connectivity index (χ4n) is 2.97. The Bertz CT molecular complexity index is 386. The summed E-state index contributed by atoms with van der Waals surface area (Å²) in [5.74, 6) is 0. The average molecular weight is 266 g/mol. The zero-order valence-electron chi connectivity index (χ0n) is 11.1. The molecule has 0 aromatic carbocycles. The number of hydrogen-bond acceptors (Lipinski definition) is 5. The van der Waals surface area contributed by atoms with Crippen LogP contribution in [0.4, 0.5) is 0 Å². The highest BCUT2D eigenvalue weighted by Crippen LogP contribution is 2.19. The van der Waals surface area contributed by atoms with Gasteiger partial charge in [0.05, 0.1) is 6.54 Å². The summed E-state index contributed by atoms with van der Waals surface area (Å²) in [4.78, 5) is 9.78. The lowest BCUT2D eigenvalue weighted by Crippen LogP contribution is -2.49. The third-order valence-electron chi connectivity index (χ3n) is 3.94. The lowest BCUT2D eigenvalue weighted by atomic mass is 10.2. The van der Waals surface area contributed by atoms with Crippen molar-refractivity contribution in [2.24, 2.45) is 0 Å². The standard InChI is InChI=1S/C13H22N4S/c1-11-10-18-13(15-11)9-16-5-2-12(8-16)17-6-3-14-4-7-17/h10,12,14H,2-9H2,1H3. The first-order valence-electron chi connectivity index (χ1n) is 6.89. The van der Waals surface area contributed by atoms with E-state index in [2.05, 4.69) is 32.4 Å². The molecule has 1 aromatic rings. The van der Waals surface area contributed by atoms with Crippen molar-refractivity contribution in [3.63, 3.8) is 0 Å². The second-order valence-corrected chi connectivity index (χ2v) is 6.29. The van der Waals surface area contributed by atoms with Crippen LogP contribution in [0, 0.1) is 6.92 Å². The van der Waals surface area contributed by atoms with Crippen LogP contribution in [0.15, 0.2) is 5.38 Å². The van der Waals surface area contributed by atoms with Crippen molar-refractivity contribution < 1.29 is 0 Å². The predicted molar refractivity (Wildman–Crippen MR) is 75.0 cm³/mol. The molecule has 2 saturated heterocycles. The molecule has 4 nitrogen and oxygen atoms in total. The van der Waals surface area contributed by atoms with Crippen LogP contribution in [-0.2, 0) is 6.54 Å². The fraction of sp³-hybridized carbons (Fsp3) is 0.769. The van der Waals surface area contributed by atoms with E-state index in [1.807, 2.05) is 0 Å². The van der Waals surface area contributed by atoms with E-state index in [-0.39, 0.29) is 0 Å². The Morgan fingerprint density at radius 1 is 1.39 bits per heavy atom. The van der Waals surface area contributed by atoms with E-state index < -0.39 is 0 Å². The Morgan fingerprint density at radius 2 is 2.22 bits per heavy atom. The maximum absolute atomic E-state index is 4.56. The third-order valence-corrected chi connectivity index (χ3v) is 4.89. The van der Waals surface area contributed by atoms with Crippen LogP contribution < -0.4 is 5.32 Å². The molecule has 0 aliphatic carbocycles. The second kappa shape index (κ2) is 5.65. The van der Waals surface area contributed by atoms with Crippen LogP contribution in [0.2, 0.25) is 0 Å². The van der Waals surface area contributed by atoms with E-state index >= 15 is 0 Å². The number of piperazine rings is 1. The van der Waals surface area contributed by atoms with Crippen LogP contribution in [-0.4, -0.2) is 60.1 Å². The molecule has 3 rings (SSSR count). The first kappa shape index (κ1) is 12.5. The number of rotatable bonds is 3. The molecular weight excluding hydrogens is 244 g/mol. The van der Waals surface area contributed by atoms with Gasteiger partial charge < -0.3 is 5.32 Å². The van der Waals surface area contributed by atoms with Crippen molar-refractivity contribution in [1.82, 2.24) is 20.1 Å². The van der Waals surface area contributed by atoms with Gasteiger partial charge in [-0.3, -0.25) is 9.80 Å². The lowest BCUT2D eigenvalue weighted by Gasteiger charge is -2.32. The predicted octanol–water partition coefficient (Wildman–Crippen LogP) is 0.931. The van der Waals surface area contributed by atoms with Gasteiger partial charge >= 0.3 is 0 Å². The van der Waals surface area contributed by atoms with Gasteiger partial charge in [-0.05, 0) is 13.3 Å². The van der Waals surface area contributed by atoms with E-state index in [0.717, 1.165) is 31.4 Å². The topological polar surface area (TPSA) is 31.4 Å². The highest BCUT2D eigenvalue weighted by atomic mass is 32.1. The summed E-state index contributed by atoms with van der Waals surface area (Å²) in [5.41, 5.74) is 1.16. The van der Waals surface area contributed by atoms with E-state index in [1.54, 1.807) is 11.3 Å². The first-order valence-corrected chi connectivity index (χ1v) is 7.77. The third kappa shape index (κ3) is 2.91. The van der Waals surface area contributed by atoms with Crippen LogP contribution in [0.25, 0.3) is 0 Å². The molecule has 0 bridgehead atoms. The Kier molecular flexibility index (Phi) is 3.94. The maximum atomic E-state index is 4.56. The van der Waals surface area contributed by atoms with E-state index in [0.29, 0.717) is 0 Å². The summed E-state index contributed by atoms with van der Waals surface area (Å²) >= 11 is 1.80. The van der Waals surface area contributed by atoms with Crippen molar-refractivity contribution >= 4 is 11.3 Å². The molecular formula is C13H22N4S. The zero-order valence-corrected chi connectivity index (χ0v) is 11.9. The van der Waals surface area contributed by atoms with Gasteiger partial charge in [0.1, 0.15) is 5.01 Å². The van der Waals surface area contributed by atoms with Crippen LogP contribution in [0.1, 0.15) is 17.1 Å². The van der Waals surface area contributed by atoms with Gasteiger partial charge in [-0.15, -0.1) is 11.3 Å². The second-order valence-electron chi connectivity index (χ2n) is 5.35. The van der Waals surface area contributed by atoms with Crippen LogP contribution in [0.5, 0.6) is 0 Å². The molecule has 0 radical (unpaired) electrons. The molecule has 5 heteroatoms. The fourth-order valence-corrected chi connectivity index (χ4v) is 3.78. The number of likely N-dealkylation sites (tertiary alicyclic amines) is 1. The Morgan fingerprint density at radius 3 is 2.94 bits per heavy atom. The van der Waals surface area contributed by atoms with Gasteiger partial charge in [-0.2, -0.15) is 0 Å². The Labute approximate surface area is 113 Å². The summed E-state index contributed by atoms with van der Waals surface area (Å²) in [5, 5.41) is 6.85. The maximum Gasteiger partial charge on any atom is 0.107 e. The van der Waals surface area contributed by atoms with E-state index in [4.69, 9.17) is 0 Å². The van der Waals surface area contributed by atoms with Gasteiger partial charge in [-0.25, -0.2) is 4.98 Å². The van der Waals surface area contributed by atoms with Gasteiger partial charge in [-0.1, -0.05) is 0 Å². The number of nitrogens with one attached hydrogen (secondary N) is 1. The molecule has 1 N–H and O–H groups in total. The Balaban J connectivity index is 1.51. The summed E-state index contributed by atoms with van der Waals surface area (Å²) in [7, 11) is 0. The van der Waals surface area contributed by atoms with Gasteiger partial charge in [0.2, 0.25) is 0 Å². The lowest BCUT2D eigenvalue weighted by molar-refractivity contribution is 0.170. The smallest absolute Gasteiger partial charge is 0.107 e. The number of nitrogens with zero attached hydrogens (tertiary/aromatic N) is 3. The number of aryl methyl sites for hydroxylation is 1. The minimum Gasteiger partial charge on any atom is -0.314 e. The molecule has 1 atom stereocenters. The van der Waals surface area contributed by atoms with Crippen molar-refractivity contribution in [1.29, 1.82) is 0 Å². The van der Waals surface area contributed by atoms with Gasteiger partial charge in [0, 0.05) is 56.4 Å². The van der Waals surface area contributed by atoms with Crippen LogP contribution >= 0.6 is 11.3 Å².